The van der Waals surface area contributed by atoms with Crippen LogP contribution < -0.4 is 9.47 Å². The summed E-state index contributed by atoms with van der Waals surface area (Å²) in [5.41, 5.74) is 8.57. The van der Waals surface area contributed by atoms with Gasteiger partial charge in [0.25, 0.3) is 0 Å². The number of carbonyl (C=O) groups is 2. The lowest BCUT2D eigenvalue weighted by molar-refractivity contribution is -0.129. The minimum absolute atomic E-state index is 0.427. The first-order chi connectivity index (χ1) is 31.9. The molecule has 8 aromatic rings. The van der Waals surface area contributed by atoms with E-state index in [1.807, 2.05) is 153 Å². The first-order valence-corrected chi connectivity index (χ1v) is 23.8. The molecule has 0 fully saturated rings. The Morgan fingerprint density at radius 3 is 1.17 bits per heavy atom. The van der Waals surface area contributed by atoms with Crippen molar-refractivity contribution in [3.05, 3.63) is 264 Å². The summed E-state index contributed by atoms with van der Waals surface area (Å²) in [5, 5.41) is 0. The molecule has 0 amide bonds. The minimum Gasteiger partial charge on any atom is -0.423 e. The molecule has 0 atom stereocenters. The number of hydrogen-bond donors (Lipinski definition) is 0. The van der Waals surface area contributed by atoms with Crippen LogP contribution >= 0.6 is 35.3 Å². The molecule has 0 radical (unpaired) electrons. The highest BCUT2D eigenvalue weighted by atomic mass is 32.2. The number of benzene rings is 8. The van der Waals surface area contributed by atoms with Crippen LogP contribution in [0.1, 0.15) is 40.3 Å². The Labute approximate surface area is 393 Å². The highest BCUT2D eigenvalue weighted by Gasteiger charge is 2.18. The van der Waals surface area contributed by atoms with E-state index in [9.17, 15) is 9.59 Å². The van der Waals surface area contributed by atoms with Crippen LogP contribution in [0.15, 0.2) is 250 Å². The average molecular weight is 901 g/mol. The zero-order chi connectivity index (χ0) is 44.8. The standard InChI is InChI=1S/C58H44O4S3/c1-41(42-15-7-3-8-16-42)39-55(59)61-48-27-23-46(24-28-48)57(44-19-11-5-12-20-44)58(45-21-13-6-14-22-45)47-25-29-49(30-26-47)62-56(60)40-54(43-17-9-4-10-18-43)65-53-37-35-52(36-38-53)64-51-33-31-50(63-2)32-34-51/h3-40H,1-2H3/b41-39?,54-40?,58-57+. The number of thioether (sulfide) groups is 2. The van der Waals surface area contributed by atoms with Crippen LogP contribution in [0.5, 0.6) is 11.5 Å². The number of ether oxygens (including phenoxy) is 2. The molecule has 4 nitrogen and oxygen atoms in total. The van der Waals surface area contributed by atoms with Crippen LogP contribution in [-0.2, 0) is 9.59 Å². The van der Waals surface area contributed by atoms with Gasteiger partial charge in [-0.15, -0.1) is 11.8 Å². The Morgan fingerprint density at radius 2 is 0.738 bits per heavy atom. The van der Waals surface area contributed by atoms with Gasteiger partial charge >= 0.3 is 11.9 Å². The fraction of sp³-hybridized carbons (Fsp3) is 0.0345. The Kier molecular flexibility index (Phi) is 15.1. The van der Waals surface area contributed by atoms with Gasteiger partial charge in [0.1, 0.15) is 11.5 Å². The van der Waals surface area contributed by atoms with Crippen molar-refractivity contribution in [1.29, 1.82) is 0 Å². The van der Waals surface area contributed by atoms with E-state index in [2.05, 4.69) is 79.1 Å². The zero-order valence-corrected chi connectivity index (χ0v) is 38.2. The molecule has 0 bridgehead atoms. The normalized spacial score (nSPS) is 12.0. The number of esters is 2. The lowest BCUT2D eigenvalue weighted by Gasteiger charge is -2.18. The first-order valence-electron chi connectivity index (χ1n) is 21.0. The predicted octanol–water partition coefficient (Wildman–Crippen LogP) is 15.3. The van der Waals surface area contributed by atoms with Gasteiger partial charge < -0.3 is 9.47 Å². The Hall–Kier alpha value is -7.03. The van der Waals surface area contributed by atoms with Gasteiger partial charge in [-0.05, 0) is 136 Å². The van der Waals surface area contributed by atoms with E-state index in [-0.39, 0.29) is 0 Å². The Bertz CT molecular complexity index is 2930. The summed E-state index contributed by atoms with van der Waals surface area (Å²) in [5.74, 6) is -0.0435. The van der Waals surface area contributed by atoms with E-state index in [0.29, 0.717) is 11.5 Å². The first kappa shape index (κ1) is 44.6. The molecule has 0 N–H and O–H groups in total. The molecule has 318 valence electrons. The van der Waals surface area contributed by atoms with Crippen molar-refractivity contribution in [3.63, 3.8) is 0 Å². The summed E-state index contributed by atoms with van der Waals surface area (Å²) in [6.07, 6.45) is 5.15. The number of allylic oxidation sites excluding steroid dienone is 1. The van der Waals surface area contributed by atoms with E-state index in [1.54, 1.807) is 29.6 Å². The number of rotatable bonds is 15. The molecule has 0 saturated carbocycles. The van der Waals surface area contributed by atoms with Gasteiger partial charge in [0.2, 0.25) is 0 Å². The van der Waals surface area contributed by atoms with Crippen molar-refractivity contribution in [2.45, 2.75) is 26.5 Å². The largest absolute Gasteiger partial charge is 0.423 e. The van der Waals surface area contributed by atoms with Gasteiger partial charge in [-0.2, -0.15) is 0 Å². The molecule has 0 heterocycles. The van der Waals surface area contributed by atoms with Gasteiger partial charge in [-0.25, -0.2) is 9.59 Å². The molecule has 0 unspecified atom stereocenters. The second kappa shape index (κ2) is 22.0. The number of hydrogen-bond acceptors (Lipinski definition) is 7. The quantitative estimate of drug-likeness (QED) is 0.0334. The molecule has 8 aromatic carbocycles. The van der Waals surface area contributed by atoms with Crippen LogP contribution in [0.25, 0.3) is 21.6 Å². The van der Waals surface area contributed by atoms with Crippen molar-refractivity contribution in [1.82, 2.24) is 0 Å². The summed E-state index contributed by atoms with van der Waals surface area (Å²) >= 11 is 4.98. The van der Waals surface area contributed by atoms with Crippen LogP contribution in [0.2, 0.25) is 0 Å². The van der Waals surface area contributed by atoms with Gasteiger partial charge in [-0.1, -0.05) is 169 Å². The van der Waals surface area contributed by atoms with Gasteiger partial charge in [0.15, 0.2) is 0 Å². The summed E-state index contributed by atoms with van der Waals surface area (Å²) in [6, 6.07) is 72.3. The summed E-state index contributed by atoms with van der Waals surface area (Å²) in [4.78, 5) is 31.9. The third-order valence-corrected chi connectivity index (χ3v) is 13.2. The minimum atomic E-state index is -0.472. The summed E-state index contributed by atoms with van der Waals surface area (Å²) < 4.78 is 11.7. The number of carbonyl (C=O) groups excluding carboxylic acids is 2. The van der Waals surface area contributed by atoms with Crippen molar-refractivity contribution in [2.75, 3.05) is 6.26 Å². The maximum atomic E-state index is 13.7. The van der Waals surface area contributed by atoms with E-state index in [1.165, 1.54) is 27.6 Å². The van der Waals surface area contributed by atoms with Crippen molar-refractivity contribution < 1.29 is 19.1 Å². The highest BCUT2D eigenvalue weighted by Crippen LogP contribution is 2.39. The molecule has 8 rings (SSSR count). The van der Waals surface area contributed by atoms with Crippen LogP contribution in [-0.4, -0.2) is 18.2 Å². The van der Waals surface area contributed by atoms with E-state index in [0.717, 1.165) is 64.8 Å². The molecule has 7 heteroatoms. The fourth-order valence-electron chi connectivity index (χ4n) is 7.12. The second-order valence-electron chi connectivity index (χ2n) is 14.8. The van der Waals surface area contributed by atoms with Crippen LogP contribution in [0, 0.1) is 0 Å². The molecule has 0 saturated heterocycles. The van der Waals surface area contributed by atoms with Crippen LogP contribution in [0.4, 0.5) is 0 Å². The second-order valence-corrected chi connectivity index (χ2v) is 17.9. The SMILES string of the molecule is CSc1ccc(Sc2ccc(SC(=CC(=O)Oc3ccc(/C(=C(\c4ccccc4)c4ccc(OC(=O)C=C(C)c5ccccc5)cc4)c4ccccc4)cc3)c3ccccc3)cc2)cc1. The molecule has 65 heavy (non-hydrogen) atoms. The van der Waals surface area contributed by atoms with Gasteiger partial charge in [0, 0.05) is 36.6 Å². The van der Waals surface area contributed by atoms with E-state index < -0.39 is 11.9 Å². The Balaban J connectivity index is 1.05. The topological polar surface area (TPSA) is 52.6 Å². The van der Waals surface area contributed by atoms with Crippen LogP contribution in [0.3, 0.4) is 0 Å². The van der Waals surface area contributed by atoms with Crippen molar-refractivity contribution in [3.8, 4) is 11.5 Å². The average Bonchev–Trinajstić information content (AvgIpc) is 3.35. The van der Waals surface area contributed by atoms with Crippen molar-refractivity contribution >= 4 is 68.8 Å². The third-order valence-electron chi connectivity index (χ3n) is 10.3. The monoisotopic (exact) mass is 900 g/mol. The van der Waals surface area contributed by atoms with Gasteiger partial charge in [-0.3, -0.25) is 0 Å². The fourth-order valence-corrected chi connectivity index (χ4v) is 9.28. The lowest BCUT2D eigenvalue weighted by atomic mass is 9.86. The molecule has 0 spiro atoms. The molecule has 0 aromatic heterocycles. The molecular formula is C58H44O4S3. The Morgan fingerprint density at radius 1 is 0.385 bits per heavy atom. The van der Waals surface area contributed by atoms with E-state index in [4.69, 9.17) is 9.47 Å². The summed E-state index contributed by atoms with van der Waals surface area (Å²) in [6.45, 7) is 1.89. The highest BCUT2D eigenvalue weighted by molar-refractivity contribution is 8.08. The lowest BCUT2D eigenvalue weighted by Crippen LogP contribution is -2.05. The zero-order valence-electron chi connectivity index (χ0n) is 35.8. The van der Waals surface area contributed by atoms with Gasteiger partial charge in [0.05, 0.1) is 0 Å². The maximum Gasteiger partial charge on any atom is 0.337 e. The molecule has 0 aliphatic carbocycles. The predicted molar refractivity (Wildman–Crippen MR) is 271 cm³/mol. The van der Waals surface area contributed by atoms with E-state index >= 15 is 0 Å². The molecular weight excluding hydrogens is 857 g/mol. The third kappa shape index (κ3) is 12.2. The van der Waals surface area contributed by atoms with Crippen molar-refractivity contribution in [2.24, 2.45) is 0 Å². The molecule has 0 aliphatic rings. The smallest absolute Gasteiger partial charge is 0.337 e. The molecule has 0 aliphatic heterocycles. The maximum absolute atomic E-state index is 13.7. The summed E-state index contributed by atoms with van der Waals surface area (Å²) in [7, 11) is 0.